The third kappa shape index (κ3) is 3.49. The van der Waals surface area contributed by atoms with Crippen LogP contribution in [0, 0.1) is 28.6 Å². The number of rotatable bonds is 2. The molecule has 0 N–H and O–H groups in total. The number of anilines is 1. The minimum absolute atomic E-state index is 0.205. The first-order valence-electron chi connectivity index (χ1n) is 14.8. The summed E-state index contributed by atoms with van der Waals surface area (Å²) >= 11 is 0. The van der Waals surface area contributed by atoms with E-state index in [1.165, 1.54) is 11.3 Å². The van der Waals surface area contributed by atoms with Gasteiger partial charge in [-0.05, 0) is 78.9 Å². The molecule has 5 nitrogen and oxygen atoms in total. The first-order valence-corrected chi connectivity index (χ1v) is 14.8. The second-order valence-corrected chi connectivity index (χ2v) is 11.7. The predicted molar refractivity (Wildman–Crippen MR) is 169 cm³/mol. The molecule has 0 radical (unpaired) electrons. The molecule has 0 bridgehead atoms. The second kappa shape index (κ2) is 8.99. The maximum atomic E-state index is 9.87. The fourth-order valence-corrected chi connectivity index (χ4v) is 7.43. The normalized spacial score (nSPS) is 20.3. The van der Waals surface area contributed by atoms with Gasteiger partial charge in [-0.15, -0.1) is 0 Å². The molecule has 43 heavy (non-hydrogen) atoms. The van der Waals surface area contributed by atoms with E-state index in [1.54, 1.807) is 0 Å². The molecule has 204 valence electrons. The van der Waals surface area contributed by atoms with Gasteiger partial charge in [0.25, 0.3) is 0 Å². The molecule has 2 unspecified atom stereocenters. The minimum atomic E-state index is 0.205. The Labute approximate surface area is 248 Å². The van der Waals surface area contributed by atoms with E-state index in [4.69, 9.17) is 8.83 Å². The van der Waals surface area contributed by atoms with E-state index in [2.05, 4.69) is 77.8 Å². The van der Waals surface area contributed by atoms with Crippen LogP contribution in [0.2, 0.25) is 0 Å². The maximum Gasteiger partial charge on any atom is 0.136 e. The molecule has 1 aliphatic heterocycles. The van der Waals surface area contributed by atoms with Gasteiger partial charge in [0, 0.05) is 56.6 Å². The molecule has 0 saturated carbocycles. The van der Waals surface area contributed by atoms with Gasteiger partial charge >= 0.3 is 0 Å². The Morgan fingerprint density at radius 3 is 2.56 bits per heavy atom. The second-order valence-electron chi connectivity index (χ2n) is 11.7. The van der Waals surface area contributed by atoms with Gasteiger partial charge in [-0.1, -0.05) is 42.5 Å². The number of fused-ring (bicyclic) bond motifs is 8. The Hall–Kier alpha value is -5.52. The molecule has 4 aliphatic rings. The lowest BCUT2D eigenvalue weighted by Crippen LogP contribution is -2.33. The molecule has 5 heteroatoms. The molecule has 3 aromatic carbocycles. The van der Waals surface area contributed by atoms with Crippen LogP contribution in [0.25, 0.3) is 50.1 Å². The number of aryl methyl sites for hydroxylation is 1. The van der Waals surface area contributed by atoms with Crippen molar-refractivity contribution >= 4 is 44.7 Å². The smallest absolute Gasteiger partial charge is 0.136 e. The highest BCUT2D eigenvalue weighted by molar-refractivity contribution is 6.11. The zero-order valence-electron chi connectivity index (χ0n) is 23.3. The molecule has 3 aliphatic carbocycles. The fraction of sp³-hybridized carbons (Fsp3) is 0.158. The Kier molecular flexibility index (Phi) is 5.04. The highest BCUT2D eigenvalue weighted by atomic mass is 16.3. The molecule has 0 spiro atoms. The molecule has 0 saturated heterocycles. The number of hydrogen-bond acceptors (Lipinski definition) is 5. The first-order chi connectivity index (χ1) is 21.2. The van der Waals surface area contributed by atoms with Gasteiger partial charge < -0.3 is 13.7 Å². The minimum Gasteiger partial charge on any atom is -0.460 e. The average Bonchev–Trinajstić information content (AvgIpc) is 3.71. The van der Waals surface area contributed by atoms with Gasteiger partial charge in [-0.25, -0.2) is 0 Å². The van der Waals surface area contributed by atoms with E-state index >= 15 is 0 Å². The van der Waals surface area contributed by atoms with E-state index in [-0.39, 0.29) is 6.04 Å². The number of benzene rings is 3. The summed E-state index contributed by atoms with van der Waals surface area (Å²) in [4.78, 5) is 2.50. The van der Waals surface area contributed by atoms with Crippen LogP contribution in [0.3, 0.4) is 0 Å². The fourth-order valence-electron chi connectivity index (χ4n) is 7.43. The van der Waals surface area contributed by atoms with Gasteiger partial charge in [0.2, 0.25) is 0 Å². The van der Waals surface area contributed by atoms with Crippen molar-refractivity contribution in [1.29, 1.82) is 10.5 Å². The molecule has 2 aromatic heterocycles. The lowest BCUT2D eigenvalue weighted by molar-refractivity contribution is 0.545. The topological polar surface area (TPSA) is 77.1 Å². The summed E-state index contributed by atoms with van der Waals surface area (Å²) in [6.45, 7) is 0. The maximum absolute atomic E-state index is 9.87. The standard InChI is InChI=1S/C38H25N3O2/c39-20-22-9-12-34(41-32-7-3-1-5-25(32)26-6-2-4-8-33(26)41)27(15-22)24-11-14-36-29(17-24)31-19-37-30(18-38(31)43-36)28-16-23(21-40)10-13-35(28)42-37/h1-3,5-7,9,11-12,14-19,25,32H,4,8,10,13H2. The highest BCUT2D eigenvalue weighted by Gasteiger charge is 2.39. The number of furan rings is 2. The van der Waals surface area contributed by atoms with E-state index in [0.29, 0.717) is 17.9 Å². The number of hydrogen-bond donors (Lipinski definition) is 0. The number of nitrogens with zero attached hydrogens (tertiary/aromatic N) is 3. The van der Waals surface area contributed by atoms with Crippen LogP contribution in [0.4, 0.5) is 5.69 Å². The first kappa shape index (κ1) is 24.1. The Morgan fingerprint density at radius 1 is 0.791 bits per heavy atom. The lowest BCUT2D eigenvalue weighted by Gasteiger charge is -2.33. The molecule has 0 amide bonds. The summed E-state index contributed by atoms with van der Waals surface area (Å²) in [6.07, 6.45) is 18.9. The van der Waals surface area contributed by atoms with Crippen molar-refractivity contribution in [2.24, 2.45) is 5.92 Å². The zero-order chi connectivity index (χ0) is 28.7. The quantitative estimate of drug-likeness (QED) is 0.217. The summed E-state index contributed by atoms with van der Waals surface area (Å²) in [6, 6.07) is 21.4. The van der Waals surface area contributed by atoms with Crippen molar-refractivity contribution in [3.8, 4) is 23.3 Å². The van der Waals surface area contributed by atoms with Gasteiger partial charge in [0.1, 0.15) is 22.5 Å². The van der Waals surface area contributed by atoms with Crippen LogP contribution in [0.15, 0.2) is 111 Å². The monoisotopic (exact) mass is 555 g/mol. The zero-order valence-corrected chi connectivity index (χ0v) is 23.3. The van der Waals surface area contributed by atoms with E-state index in [0.717, 1.165) is 85.9 Å². The summed E-state index contributed by atoms with van der Waals surface area (Å²) in [7, 11) is 0. The van der Waals surface area contributed by atoms with Gasteiger partial charge in [0.15, 0.2) is 0 Å². The van der Waals surface area contributed by atoms with Crippen LogP contribution in [0.1, 0.15) is 36.1 Å². The molecule has 2 atom stereocenters. The van der Waals surface area contributed by atoms with Crippen LogP contribution < -0.4 is 4.90 Å². The van der Waals surface area contributed by atoms with Crippen molar-refractivity contribution in [3.63, 3.8) is 0 Å². The summed E-state index contributed by atoms with van der Waals surface area (Å²) in [5, 5.41) is 22.3. The van der Waals surface area contributed by atoms with Crippen LogP contribution in [0.5, 0.6) is 0 Å². The summed E-state index contributed by atoms with van der Waals surface area (Å²) in [5.41, 5.74) is 10.7. The van der Waals surface area contributed by atoms with Crippen molar-refractivity contribution < 1.29 is 8.83 Å². The summed E-state index contributed by atoms with van der Waals surface area (Å²) < 4.78 is 12.6. The number of allylic oxidation sites excluding steroid dienone is 6. The van der Waals surface area contributed by atoms with E-state index in [9.17, 15) is 10.5 Å². The molecule has 0 fully saturated rings. The van der Waals surface area contributed by atoms with Gasteiger partial charge in [-0.3, -0.25) is 0 Å². The molecular formula is C38H25N3O2. The SMILES string of the molecule is N#CC1=Cc2c(oc3cc4c(cc23)oc2ccc(-c3cc(C#N)ccc3N3C5=C(C=CCC5)C5C=CC=CC53)cc24)CC1. The Bertz CT molecular complexity index is 2290. The molecular weight excluding hydrogens is 530 g/mol. The summed E-state index contributed by atoms with van der Waals surface area (Å²) in [5.74, 6) is 1.24. The van der Waals surface area contributed by atoms with Crippen LogP contribution in [-0.4, -0.2) is 6.04 Å². The third-order valence-corrected chi connectivity index (χ3v) is 9.41. The van der Waals surface area contributed by atoms with Crippen molar-refractivity contribution in [2.75, 3.05) is 4.90 Å². The van der Waals surface area contributed by atoms with Crippen molar-refractivity contribution in [3.05, 3.63) is 119 Å². The highest BCUT2D eigenvalue weighted by Crippen LogP contribution is 2.48. The number of nitriles is 2. The molecule has 9 rings (SSSR count). The van der Waals surface area contributed by atoms with Crippen molar-refractivity contribution in [2.45, 2.75) is 31.7 Å². The van der Waals surface area contributed by atoms with Gasteiger partial charge in [0.05, 0.1) is 23.7 Å². The molecule has 3 heterocycles. The largest absolute Gasteiger partial charge is 0.460 e. The van der Waals surface area contributed by atoms with Crippen LogP contribution in [-0.2, 0) is 6.42 Å². The predicted octanol–water partition coefficient (Wildman–Crippen LogP) is 9.26. The van der Waals surface area contributed by atoms with Gasteiger partial charge in [-0.2, -0.15) is 10.5 Å². The Balaban J connectivity index is 1.23. The van der Waals surface area contributed by atoms with Crippen LogP contribution >= 0.6 is 0 Å². The lowest BCUT2D eigenvalue weighted by atomic mass is 9.88. The average molecular weight is 556 g/mol. The van der Waals surface area contributed by atoms with Crippen molar-refractivity contribution in [1.82, 2.24) is 0 Å². The van der Waals surface area contributed by atoms with E-state index < -0.39 is 0 Å². The molecule has 5 aromatic rings. The van der Waals surface area contributed by atoms with E-state index in [1.807, 2.05) is 30.3 Å². The Morgan fingerprint density at radius 2 is 1.65 bits per heavy atom. The third-order valence-electron chi connectivity index (χ3n) is 9.41.